The summed E-state index contributed by atoms with van der Waals surface area (Å²) in [6.07, 6.45) is 6.40. The number of allylic oxidation sites excluding steroid dienone is 1. The summed E-state index contributed by atoms with van der Waals surface area (Å²) in [6, 6.07) is 14.8. The molecule has 0 aliphatic carbocycles. The van der Waals surface area contributed by atoms with E-state index >= 15 is 0 Å². The van der Waals surface area contributed by atoms with E-state index < -0.39 is 47.7 Å². The quantitative estimate of drug-likeness (QED) is 0.116. The molecule has 7 atom stereocenters. The van der Waals surface area contributed by atoms with E-state index in [4.69, 9.17) is 21.1 Å². The summed E-state index contributed by atoms with van der Waals surface area (Å²) in [6.45, 7) is 9.96. The second-order valence-electron chi connectivity index (χ2n) is 13.8. The van der Waals surface area contributed by atoms with Gasteiger partial charge in [0, 0.05) is 33.2 Å². The number of halogens is 1. The molecule has 51 heavy (non-hydrogen) atoms. The highest BCUT2D eigenvalue weighted by molar-refractivity contribution is 6.34. The van der Waals surface area contributed by atoms with Gasteiger partial charge in [-0.15, -0.1) is 13.2 Å². The average Bonchev–Trinajstić information content (AvgIpc) is 3.78. The average molecular weight is 720 g/mol. The zero-order valence-electron chi connectivity index (χ0n) is 29.6. The van der Waals surface area contributed by atoms with E-state index in [1.54, 1.807) is 53.3 Å². The van der Waals surface area contributed by atoms with E-state index in [1.165, 1.54) is 4.90 Å². The smallest absolute Gasteiger partial charge is 0.313 e. The number of nitrogens with zero attached hydrogens (tertiary/aromatic N) is 3. The molecular weight excluding hydrogens is 670 g/mol. The fraction of sp³-hybridized carbons (Fsp3) is 0.500. The first kappa shape index (κ1) is 38.2. The Hall–Kier alpha value is -3.99. The number of hydrogen-bond acceptors (Lipinski definition) is 7. The van der Waals surface area contributed by atoms with Gasteiger partial charge in [0.15, 0.2) is 0 Å². The van der Waals surface area contributed by atoms with E-state index in [9.17, 15) is 24.3 Å². The van der Waals surface area contributed by atoms with Crippen molar-refractivity contribution in [1.82, 2.24) is 9.80 Å². The molecule has 0 unspecified atom stereocenters. The molecule has 3 fully saturated rings. The molecule has 0 aromatic heterocycles. The molecule has 2 aromatic rings. The first-order chi connectivity index (χ1) is 24.6. The molecule has 3 heterocycles. The molecule has 2 bridgehead atoms. The van der Waals surface area contributed by atoms with Gasteiger partial charge in [-0.25, -0.2) is 0 Å². The Bertz CT molecular complexity index is 1590. The SMILES string of the molecule is C=CCCC(=O)N(C)[C@H](C)[C@H](OC(=O)[C@@H]1[C@@H]2CC[C@]3(O2)[C@H](C(=O)N(CC=C)c2ccccc2Cl)N(CCCCCCO)C(=O)[C@@H]13)c1ccccc1. The topological polar surface area (TPSA) is 117 Å². The van der Waals surface area contributed by atoms with Crippen molar-refractivity contribution in [2.75, 3.05) is 31.6 Å². The number of fused-ring (bicyclic) bond motifs is 1. The number of carbonyl (C=O) groups excluding carboxylic acids is 4. The van der Waals surface area contributed by atoms with Crippen molar-refractivity contribution in [1.29, 1.82) is 0 Å². The maximum absolute atomic E-state index is 14.8. The number of hydrogen-bond donors (Lipinski definition) is 1. The molecule has 274 valence electrons. The van der Waals surface area contributed by atoms with E-state index in [2.05, 4.69) is 13.2 Å². The van der Waals surface area contributed by atoms with Crippen LogP contribution in [0.15, 0.2) is 79.9 Å². The minimum Gasteiger partial charge on any atom is -0.455 e. The zero-order chi connectivity index (χ0) is 36.7. The lowest BCUT2D eigenvalue weighted by molar-refractivity contribution is -0.164. The van der Waals surface area contributed by atoms with Crippen LogP contribution in [0.4, 0.5) is 5.69 Å². The summed E-state index contributed by atoms with van der Waals surface area (Å²) in [4.78, 5) is 61.6. The Kier molecular flexibility index (Phi) is 12.8. The Morgan fingerprint density at radius 2 is 1.78 bits per heavy atom. The van der Waals surface area contributed by atoms with Gasteiger partial charge in [0.25, 0.3) is 5.91 Å². The third-order valence-electron chi connectivity index (χ3n) is 10.7. The highest BCUT2D eigenvalue weighted by Crippen LogP contribution is 2.59. The number of esters is 1. The largest absolute Gasteiger partial charge is 0.455 e. The molecule has 11 heteroatoms. The van der Waals surface area contributed by atoms with Crippen LogP contribution >= 0.6 is 11.6 Å². The number of aliphatic hydroxyl groups excluding tert-OH is 1. The van der Waals surface area contributed by atoms with Crippen molar-refractivity contribution in [2.24, 2.45) is 11.8 Å². The highest BCUT2D eigenvalue weighted by atomic mass is 35.5. The van der Waals surface area contributed by atoms with Gasteiger partial charge >= 0.3 is 5.97 Å². The lowest BCUT2D eigenvalue weighted by atomic mass is 9.70. The summed E-state index contributed by atoms with van der Waals surface area (Å²) in [5.41, 5.74) is -0.0237. The second kappa shape index (κ2) is 17.0. The van der Waals surface area contributed by atoms with Crippen LogP contribution in [0, 0.1) is 11.8 Å². The lowest BCUT2D eigenvalue weighted by Crippen LogP contribution is -2.56. The number of ether oxygens (including phenoxy) is 2. The Morgan fingerprint density at radius 3 is 2.47 bits per heavy atom. The van der Waals surface area contributed by atoms with Crippen LogP contribution in [-0.2, 0) is 28.7 Å². The molecule has 1 spiro atoms. The fourth-order valence-electron chi connectivity index (χ4n) is 8.07. The first-order valence-corrected chi connectivity index (χ1v) is 18.4. The minimum atomic E-state index is -1.24. The van der Waals surface area contributed by atoms with Gasteiger partial charge in [0.1, 0.15) is 17.7 Å². The van der Waals surface area contributed by atoms with E-state index in [0.717, 1.165) is 18.4 Å². The van der Waals surface area contributed by atoms with E-state index in [1.807, 2.05) is 37.3 Å². The lowest BCUT2D eigenvalue weighted by Gasteiger charge is -2.37. The number of rotatable bonds is 18. The Morgan fingerprint density at radius 1 is 1.08 bits per heavy atom. The summed E-state index contributed by atoms with van der Waals surface area (Å²) in [5.74, 6) is -3.21. The van der Waals surface area contributed by atoms with Crippen LogP contribution in [0.3, 0.4) is 0 Å². The van der Waals surface area contributed by atoms with Gasteiger partial charge in [-0.2, -0.15) is 0 Å². The number of aliphatic hydroxyl groups is 1. The highest BCUT2D eigenvalue weighted by Gasteiger charge is 2.75. The van der Waals surface area contributed by atoms with Crippen molar-refractivity contribution >= 4 is 41.0 Å². The van der Waals surface area contributed by atoms with Crippen LogP contribution in [0.1, 0.15) is 70.0 Å². The molecule has 1 N–H and O–H groups in total. The molecular formula is C40H50ClN3O7. The standard InChI is InChI=1S/C40H50ClN3O7/c1-5-7-21-32(46)42(4)27(3)35(28-17-11-10-12-18-28)50-39(49)33-31-22-23-40(51-31)34(33)37(47)44(25-15-8-9-16-26-45)36(40)38(48)43(24-6-2)30-20-14-13-19-29(30)41/h5-6,10-14,17-20,27,31,33-36,45H,1-2,7-9,15-16,21-26H2,3-4H3/t27-,31+,33-,34-,35+,36+,40-/m1/s1. The normalized spacial score (nSPS) is 24.5. The number of benzene rings is 2. The monoisotopic (exact) mass is 719 g/mol. The number of unbranched alkanes of at least 4 members (excludes halogenated alkanes) is 3. The van der Waals surface area contributed by atoms with Crippen molar-refractivity contribution < 1.29 is 33.8 Å². The molecule has 3 saturated heterocycles. The summed E-state index contributed by atoms with van der Waals surface area (Å²) in [7, 11) is 1.69. The Labute approximate surface area is 306 Å². The molecule has 0 radical (unpaired) electrons. The third-order valence-corrected chi connectivity index (χ3v) is 11.0. The number of likely N-dealkylation sites (tertiary alicyclic amines) is 1. The van der Waals surface area contributed by atoms with Crippen LogP contribution < -0.4 is 4.90 Å². The van der Waals surface area contributed by atoms with Gasteiger partial charge in [0.2, 0.25) is 11.8 Å². The van der Waals surface area contributed by atoms with Crippen LogP contribution in [-0.4, -0.2) is 89.1 Å². The third kappa shape index (κ3) is 7.64. The predicted octanol–water partition coefficient (Wildman–Crippen LogP) is 5.88. The number of amides is 3. The van der Waals surface area contributed by atoms with Gasteiger partial charge in [0.05, 0.1) is 34.7 Å². The van der Waals surface area contributed by atoms with Crippen LogP contribution in [0.5, 0.6) is 0 Å². The Balaban J connectivity index is 1.48. The summed E-state index contributed by atoms with van der Waals surface area (Å²) >= 11 is 6.60. The van der Waals surface area contributed by atoms with Gasteiger partial charge in [-0.3, -0.25) is 19.2 Å². The minimum absolute atomic E-state index is 0.0870. The summed E-state index contributed by atoms with van der Waals surface area (Å²) in [5, 5.41) is 9.66. The van der Waals surface area contributed by atoms with Crippen molar-refractivity contribution in [3.63, 3.8) is 0 Å². The molecule has 3 amide bonds. The molecule has 5 rings (SSSR count). The molecule has 2 aromatic carbocycles. The van der Waals surface area contributed by atoms with E-state index in [-0.39, 0.29) is 37.3 Å². The number of carbonyl (C=O) groups is 4. The molecule has 10 nitrogen and oxygen atoms in total. The van der Waals surface area contributed by atoms with Gasteiger partial charge in [-0.05, 0) is 56.7 Å². The number of likely N-dealkylation sites (N-methyl/N-ethyl adjacent to an activating group) is 1. The van der Waals surface area contributed by atoms with Crippen LogP contribution in [0.25, 0.3) is 0 Å². The molecule has 3 aliphatic heterocycles. The van der Waals surface area contributed by atoms with Gasteiger partial charge < -0.3 is 29.3 Å². The molecule has 3 aliphatic rings. The number of anilines is 1. The van der Waals surface area contributed by atoms with Gasteiger partial charge in [-0.1, -0.05) is 79.1 Å². The summed E-state index contributed by atoms with van der Waals surface area (Å²) < 4.78 is 13.0. The second-order valence-corrected chi connectivity index (χ2v) is 14.2. The van der Waals surface area contributed by atoms with Crippen molar-refractivity contribution in [3.05, 3.63) is 90.5 Å². The first-order valence-electron chi connectivity index (χ1n) is 18.0. The molecule has 0 saturated carbocycles. The zero-order valence-corrected chi connectivity index (χ0v) is 30.4. The number of para-hydroxylation sites is 1. The fourth-order valence-corrected chi connectivity index (χ4v) is 8.30. The maximum Gasteiger partial charge on any atom is 0.313 e. The maximum atomic E-state index is 14.8. The van der Waals surface area contributed by atoms with Crippen molar-refractivity contribution in [3.8, 4) is 0 Å². The van der Waals surface area contributed by atoms with Crippen molar-refractivity contribution in [2.45, 2.75) is 88.2 Å². The van der Waals surface area contributed by atoms with Crippen LogP contribution in [0.2, 0.25) is 5.02 Å². The predicted molar refractivity (Wildman–Crippen MR) is 196 cm³/mol. The van der Waals surface area contributed by atoms with E-state index in [0.29, 0.717) is 49.4 Å².